The van der Waals surface area contributed by atoms with Gasteiger partial charge in [-0.2, -0.15) is 10.2 Å². The molecule has 4 heteroatoms. The predicted molar refractivity (Wildman–Crippen MR) is 159 cm³/mol. The van der Waals surface area contributed by atoms with Crippen LogP contribution < -0.4 is 0 Å². The summed E-state index contributed by atoms with van der Waals surface area (Å²) in [5, 5.41) is 13.5. The molecule has 0 unspecified atom stereocenters. The molecule has 0 bridgehead atoms. The van der Waals surface area contributed by atoms with Crippen molar-refractivity contribution in [3.05, 3.63) is 145 Å². The van der Waals surface area contributed by atoms with Gasteiger partial charge in [0.1, 0.15) is 0 Å². The van der Waals surface area contributed by atoms with E-state index in [2.05, 4.69) is 80.9 Å². The van der Waals surface area contributed by atoms with Gasteiger partial charge in [-0.3, -0.25) is 9.98 Å². The smallest absolute Gasteiger partial charge is 0.0858 e. The van der Waals surface area contributed by atoms with Crippen molar-refractivity contribution in [3.63, 3.8) is 0 Å². The number of nitrogens with zero attached hydrogens (tertiary/aromatic N) is 4. The molecule has 0 aromatic heterocycles. The molecule has 0 saturated heterocycles. The Morgan fingerprint density at radius 3 is 1.16 bits per heavy atom. The number of hydrogen-bond donors (Lipinski definition) is 0. The van der Waals surface area contributed by atoms with Gasteiger partial charge >= 0.3 is 0 Å². The van der Waals surface area contributed by atoms with E-state index >= 15 is 0 Å². The number of azo groups is 1. The third kappa shape index (κ3) is 5.30. The highest BCUT2D eigenvalue weighted by Gasteiger charge is 1.99. The van der Waals surface area contributed by atoms with Gasteiger partial charge in [-0.1, -0.05) is 84.9 Å². The molecule has 6 aromatic rings. The van der Waals surface area contributed by atoms with Gasteiger partial charge in [-0.05, 0) is 70.1 Å². The van der Waals surface area contributed by atoms with E-state index in [9.17, 15) is 0 Å². The van der Waals surface area contributed by atoms with Crippen LogP contribution in [0.3, 0.4) is 0 Å². The SMILES string of the molecule is C(=Nc1ccc(N=Nc2ccc(N=Cc3cccc4ccccc34)cc2)cc1)c1cccc2ccccc12. The topological polar surface area (TPSA) is 49.4 Å². The molecule has 4 nitrogen and oxygen atoms in total. The fourth-order valence-electron chi connectivity index (χ4n) is 4.34. The first-order valence-electron chi connectivity index (χ1n) is 12.5. The molecular formula is C34H24N4. The number of rotatable bonds is 6. The molecule has 0 N–H and O–H groups in total. The first kappa shape index (κ1) is 23.2. The minimum Gasteiger partial charge on any atom is -0.256 e. The first-order valence-corrected chi connectivity index (χ1v) is 12.5. The lowest BCUT2D eigenvalue weighted by Gasteiger charge is -2.01. The zero-order valence-corrected chi connectivity index (χ0v) is 20.6. The Balaban J connectivity index is 1.11. The molecule has 0 aliphatic carbocycles. The highest BCUT2D eigenvalue weighted by Crippen LogP contribution is 2.25. The third-order valence-electron chi connectivity index (χ3n) is 6.33. The lowest BCUT2D eigenvalue weighted by Crippen LogP contribution is -1.83. The maximum atomic E-state index is 4.64. The maximum Gasteiger partial charge on any atom is 0.0858 e. The van der Waals surface area contributed by atoms with Crippen molar-refractivity contribution < 1.29 is 0 Å². The number of hydrogen-bond acceptors (Lipinski definition) is 4. The second kappa shape index (κ2) is 10.8. The van der Waals surface area contributed by atoms with E-state index < -0.39 is 0 Å². The summed E-state index contributed by atoms with van der Waals surface area (Å²) < 4.78 is 0. The summed E-state index contributed by atoms with van der Waals surface area (Å²) in [5.41, 5.74) is 5.46. The molecule has 0 radical (unpaired) electrons. The second-order valence-electron chi connectivity index (χ2n) is 8.89. The van der Waals surface area contributed by atoms with Gasteiger partial charge in [0.25, 0.3) is 0 Å². The van der Waals surface area contributed by atoms with E-state index in [0.29, 0.717) is 0 Å². The van der Waals surface area contributed by atoms with Crippen LogP contribution >= 0.6 is 0 Å². The zero-order chi connectivity index (χ0) is 25.6. The van der Waals surface area contributed by atoms with Gasteiger partial charge in [-0.25, -0.2) is 0 Å². The minimum atomic E-state index is 0.771. The van der Waals surface area contributed by atoms with Crippen LogP contribution in [-0.4, -0.2) is 12.4 Å². The van der Waals surface area contributed by atoms with E-state index in [4.69, 9.17) is 0 Å². The summed E-state index contributed by atoms with van der Waals surface area (Å²) >= 11 is 0. The van der Waals surface area contributed by atoms with Crippen LogP contribution in [0, 0.1) is 0 Å². The molecule has 38 heavy (non-hydrogen) atoms. The van der Waals surface area contributed by atoms with Crippen LogP contribution in [0.15, 0.2) is 154 Å². The molecule has 180 valence electrons. The standard InChI is InChI=1S/C34H24N4/c1-3-13-33-25(7-1)9-5-11-27(33)23-35-29-15-19-31(20-16-29)37-38-32-21-17-30(18-22-32)36-24-28-12-6-10-26-8-2-4-14-34(26)28/h1-24H. The highest BCUT2D eigenvalue weighted by molar-refractivity contribution is 6.01. The Bertz CT molecular complexity index is 1650. The van der Waals surface area contributed by atoms with Crippen molar-refractivity contribution in [2.75, 3.05) is 0 Å². The van der Waals surface area contributed by atoms with Crippen LogP contribution in [0.2, 0.25) is 0 Å². The maximum absolute atomic E-state index is 4.64. The fourth-order valence-corrected chi connectivity index (χ4v) is 4.34. The molecule has 6 aromatic carbocycles. The summed E-state index contributed by atoms with van der Waals surface area (Å²) in [7, 11) is 0. The molecule has 0 saturated carbocycles. The lowest BCUT2D eigenvalue weighted by molar-refractivity contribution is 1.23. The van der Waals surface area contributed by atoms with Gasteiger partial charge in [0, 0.05) is 23.6 Å². The monoisotopic (exact) mass is 488 g/mol. The summed E-state index contributed by atoms with van der Waals surface area (Å²) in [5.74, 6) is 0. The second-order valence-corrected chi connectivity index (χ2v) is 8.89. The normalized spacial score (nSPS) is 11.9. The third-order valence-corrected chi connectivity index (χ3v) is 6.33. The van der Waals surface area contributed by atoms with E-state index in [1.54, 1.807) is 0 Å². The highest BCUT2D eigenvalue weighted by atomic mass is 15.1. The van der Waals surface area contributed by atoms with Crippen molar-refractivity contribution in [2.24, 2.45) is 20.2 Å². The van der Waals surface area contributed by atoms with E-state index in [-0.39, 0.29) is 0 Å². The van der Waals surface area contributed by atoms with Gasteiger partial charge in [0.15, 0.2) is 0 Å². The number of benzene rings is 6. The van der Waals surface area contributed by atoms with Crippen LogP contribution in [-0.2, 0) is 0 Å². The summed E-state index contributed by atoms with van der Waals surface area (Å²) in [4.78, 5) is 9.28. The fraction of sp³-hybridized carbons (Fsp3) is 0. The molecule has 0 heterocycles. The first-order chi connectivity index (χ1) is 18.8. The van der Waals surface area contributed by atoms with Crippen molar-refractivity contribution in [3.8, 4) is 0 Å². The van der Waals surface area contributed by atoms with Crippen LogP contribution in [0.5, 0.6) is 0 Å². The Morgan fingerprint density at radius 2 is 0.711 bits per heavy atom. The van der Waals surface area contributed by atoms with Crippen LogP contribution in [0.4, 0.5) is 22.7 Å². The van der Waals surface area contributed by atoms with E-state index in [0.717, 1.165) is 33.9 Å². The average molecular weight is 489 g/mol. The van der Waals surface area contributed by atoms with Crippen LogP contribution in [0.1, 0.15) is 11.1 Å². The Labute approximate surface area is 221 Å². The lowest BCUT2D eigenvalue weighted by atomic mass is 10.1. The van der Waals surface area contributed by atoms with Crippen molar-refractivity contribution >= 4 is 56.7 Å². The minimum absolute atomic E-state index is 0.771. The molecular weight excluding hydrogens is 464 g/mol. The molecule has 0 amide bonds. The molecule has 6 rings (SSSR count). The Morgan fingerprint density at radius 1 is 0.342 bits per heavy atom. The predicted octanol–water partition coefficient (Wildman–Crippen LogP) is 9.91. The number of aliphatic imine (C=N–C) groups is 2. The summed E-state index contributed by atoms with van der Waals surface area (Å²) in [6.07, 6.45) is 3.81. The van der Waals surface area contributed by atoms with Gasteiger partial charge in [-0.15, -0.1) is 0 Å². The van der Waals surface area contributed by atoms with E-state index in [1.165, 1.54) is 21.5 Å². The summed E-state index contributed by atoms with van der Waals surface area (Å²) in [6, 6.07) is 44.6. The van der Waals surface area contributed by atoms with Crippen molar-refractivity contribution in [2.45, 2.75) is 0 Å². The quantitative estimate of drug-likeness (QED) is 0.165. The molecule has 0 fully saturated rings. The molecule has 0 aliphatic rings. The van der Waals surface area contributed by atoms with E-state index in [1.807, 2.05) is 85.2 Å². The van der Waals surface area contributed by atoms with Crippen LogP contribution in [0.25, 0.3) is 21.5 Å². The number of fused-ring (bicyclic) bond motifs is 2. The van der Waals surface area contributed by atoms with Gasteiger partial charge in [0.2, 0.25) is 0 Å². The Hall–Kier alpha value is -5.22. The zero-order valence-electron chi connectivity index (χ0n) is 20.6. The van der Waals surface area contributed by atoms with Gasteiger partial charge in [0.05, 0.1) is 22.7 Å². The summed E-state index contributed by atoms with van der Waals surface area (Å²) in [6.45, 7) is 0. The molecule has 0 aliphatic heterocycles. The van der Waals surface area contributed by atoms with Crippen molar-refractivity contribution in [1.29, 1.82) is 0 Å². The van der Waals surface area contributed by atoms with Gasteiger partial charge < -0.3 is 0 Å². The average Bonchev–Trinajstić information content (AvgIpc) is 2.99. The Kier molecular flexibility index (Phi) is 6.60. The molecule has 0 spiro atoms. The largest absolute Gasteiger partial charge is 0.256 e. The molecule has 0 atom stereocenters. The van der Waals surface area contributed by atoms with Crippen molar-refractivity contribution in [1.82, 2.24) is 0 Å².